The van der Waals surface area contributed by atoms with E-state index in [4.69, 9.17) is 17.3 Å². The third-order valence-electron chi connectivity index (χ3n) is 3.49. The van der Waals surface area contributed by atoms with E-state index >= 15 is 0 Å². The van der Waals surface area contributed by atoms with Gasteiger partial charge in [0.05, 0.1) is 5.75 Å². The van der Waals surface area contributed by atoms with Crippen LogP contribution in [0.25, 0.3) is 0 Å². The lowest BCUT2D eigenvalue weighted by atomic mass is 10.2. The van der Waals surface area contributed by atoms with Gasteiger partial charge in [0, 0.05) is 23.5 Å². The molecule has 128 valence electrons. The first kappa shape index (κ1) is 18.4. The van der Waals surface area contributed by atoms with Crippen LogP contribution in [0.4, 0.5) is 5.82 Å². The molecular formula is C16H18ClN3O3S. The predicted molar refractivity (Wildman–Crippen MR) is 97.2 cm³/mol. The smallest absolute Gasteiger partial charge is 0.332 e. The van der Waals surface area contributed by atoms with Gasteiger partial charge >= 0.3 is 5.69 Å². The number of ketones is 1. The monoisotopic (exact) mass is 367 g/mol. The van der Waals surface area contributed by atoms with Crippen molar-refractivity contribution in [3.63, 3.8) is 0 Å². The molecular weight excluding hydrogens is 350 g/mol. The fourth-order valence-electron chi connectivity index (χ4n) is 2.24. The van der Waals surface area contributed by atoms with Crippen LogP contribution in [0.1, 0.15) is 23.7 Å². The Bertz CT molecular complexity index is 872. The molecule has 0 fully saturated rings. The van der Waals surface area contributed by atoms with Gasteiger partial charge < -0.3 is 5.73 Å². The largest absolute Gasteiger partial charge is 0.384 e. The summed E-state index contributed by atoms with van der Waals surface area (Å²) in [5, 5.41) is 0.607. The SMILES string of the molecule is CCCn1c(N)c(C(=O)CSc2ccc(Cl)cc2)c(=O)n(C)c1=O. The normalized spacial score (nSPS) is 10.8. The Kier molecular flexibility index (Phi) is 5.90. The predicted octanol–water partition coefficient (Wildman–Crippen LogP) is 2.17. The van der Waals surface area contributed by atoms with Crippen molar-refractivity contribution in [2.24, 2.45) is 7.05 Å². The minimum Gasteiger partial charge on any atom is -0.384 e. The van der Waals surface area contributed by atoms with Gasteiger partial charge in [0.15, 0.2) is 5.78 Å². The van der Waals surface area contributed by atoms with E-state index in [9.17, 15) is 14.4 Å². The Hall–Kier alpha value is -1.99. The van der Waals surface area contributed by atoms with E-state index < -0.39 is 17.0 Å². The molecule has 0 atom stereocenters. The number of thioether (sulfide) groups is 1. The van der Waals surface area contributed by atoms with Gasteiger partial charge in [-0.15, -0.1) is 11.8 Å². The first-order valence-corrected chi connectivity index (χ1v) is 8.74. The fourth-order valence-corrected chi connectivity index (χ4v) is 3.13. The lowest BCUT2D eigenvalue weighted by Crippen LogP contribution is -2.42. The van der Waals surface area contributed by atoms with E-state index in [0.29, 0.717) is 18.0 Å². The van der Waals surface area contributed by atoms with Gasteiger partial charge in [-0.05, 0) is 30.7 Å². The van der Waals surface area contributed by atoms with E-state index in [-0.39, 0.29) is 17.1 Å². The number of Topliss-reactive ketones (excluding diaryl/α,β-unsaturated/α-hetero) is 1. The number of halogens is 1. The second-order valence-electron chi connectivity index (χ2n) is 5.22. The minimum atomic E-state index is -0.661. The molecule has 0 aliphatic carbocycles. The number of carbonyl (C=O) groups is 1. The van der Waals surface area contributed by atoms with Crippen molar-refractivity contribution in [3.8, 4) is 0 Å². The molecule has 0 saturated carbocycles. The third kappa shape index (κ3) is 3.73. The summed E-state index contributed by atoms with van der Waals surface area (Å²) in [5.41, 5.74) is 4.63. The number of hydrogen-bond donors (Lipinski definition) is 1. The molecule has 0 saturated heterocycles. The van der Waals surface area contributed by atoms with Crippen molar-refractivity contribution < 1.29 is 4.79 Å². The number of hydrogen-bond acceptors (Lipinski definition) is 5. The molecule has 0 aliphatic rings. The van der Waals surface area contributed by atoms with E-state index in [1.165, 1.54) is 23.4 Å². The number of nitrogen functional groups attached to an aromatic ring is 1. The van der Waals surface area contributed by atoms with Gasteiger partial charge in [0.1, 0.15) is 11.4 Å². The number of rotatable bonds is 6. The first-order valence-electron chi connectivity index (χ1n) is 7.37. The molecule has 6 nitrogen and oxygen atoms in total. The average Bonchev–Trinajstić information content (AvgIpc) is 2.56. The van der Waals surface area contributed by atoms with Crippen molar-refractivity contribution in [3.05, 3.63) is 55.7 Å². The molecule has 1 aromatic heterocycles. The van der Waals surface area contributed by atoms with Crippen LogP contribution < -0.4 is 17.0 Å². The first-order chi connectivity index (χ1) is 11.4. The standard InChI is InChI=1S/C16H18ClN3O3S/c1-3-8-20-14(18)13(15(22)19(2)16(20)23)12(21)9-24-11-6-4-10(17)5-7-11/h4-7H,3,8-9,18H2,1-2H3. The highest BCUT2D eigenvalue weighted by molar-refractivity contribution is 8.00. The number of nitrogens with two attached hydrogens (primary N) is 1. The second kappa shape index (κ2) is 7.72. The topological polar surface area (TPSA) is 87.1 Å². The zero-order valence-corrected chi connectivity index (χ0v) is 15.0. The number of nitrogens with zero attached hydrogens (tertiary/aromatic N) is 2. The fraction of sp³-hybridized carbons (Fsp3) is 0.312. The van der Waals surface area contributed by atoms with Crippen molar-refractivity contribution >= 4 is 35.0 Å². The lowest BCUT2D eigenvalue weighted by Gasteiger charge is -2.13. The summed E-state index contributed by atoms with van der Waals surface area (Å²) >= 11 is 7.10. The summed E-state index contributed by atoms with van der Waals surface area (Å²) in [5.74, 6) is -0.421. The summed E-state index contributed by atoms with van der Waals surface area (Å²) in [7, 11) is 1.35. The lowest BCUT2D eigenvalue weighted by molar-refractivity contribution is 0.102. The summed E-state index contributed by atoms with van der Waals surface area (Å²) in [6, 6.07) is 7.03. The van der Waals surface area contributed by atoms with E-state index in [1.807, 2.05) is 6.92 Å². The summed E-state index contributed by atoms with van der Waals surface area (Å²) in [4.78, 5) is 37.7. The molecule has 0 aliphatic heterocycles. The molecule has 2 rings (SSSR count). The third-order valence-corrected chi connectivity index (χ3v) is 4.76. The van der Waals surface area contributed by atoms with Crippen LogP contribution in [0, 0.1) is 0 Å². The van der Waals surface area contributed by atoms with Gasteiger partial charge in [0.2, 0.25) is 0 Å². The van der Waals surface area contributed by atoms with Crippen molar-refractivity contribution in [2.75, 3.05) is 11.5 Å². The maximum Gasteiger partial charge on any atom is 0.332 e. The minimum absolute atomic E-state index is 0.0470. The van der Waals surface area contributed by atoms with Crippen LogP contribution in [0.15, 0.2) is 38.8 Å². The van der Waals surface area contributed by atoms with Gasteiger partial charge in [-0.1, -0.05) is 18.5 Å². The zero-order chi connectivity index (χ0) is 17.9. The van der Waals surface area contributed by atoms with Gasteiger partial charge in [-0.25, -0.2) is 4.79 Å². The second-order valence-corrected chi connectivity index (χ2v) is 6.71. The molecule has 24 heavy (non-hydrogen) atoms. The maximum atomic E-state index is 12.5. The number of carbonyl (C=O) groups excluding carboxylic acids is 1. The molecule has 2 aromatic rings. The van der Waals surface area contributed by atoms with Crippen LogP contribution in [0.2, 0.25) is 5.02 Å². The van der Waals surface area contributed by atoms with Crippen LogP contribution >= 0.6 is 23.4 Å². The van der Waals surface area contributed by atoms with Crippen LogP contribution in [0.5, 0.6) is 0 Å². The summed E-state index contributed by atoms with van der Waals surface area (Å²) in [6.07, 6.45) is 0.662. The highest BCUT2D eigenvalue weighted by Crippen LogP contribution is 2.21. The molecule has 1 aromatic carbocycles. The molecule has 0 unspecified atom stereocenters. The van der Waals surface area contributed by atoms with Crippen molar-refractivity contribution in [1.29, 1.82) is 0 Å². The molecule has 0 spiro atoms. The highest BCUT2D eigenvalue weighted by Gasteiger charge is 2.21. The van der Waals surface area contributed by atoms with Crippen LogP contribution in [0.3, 0.4) is 0 Å². The van der Waals surface area contributed by atoms with Crippen LogP contribution in [-0.2, 0) is 13.6 Å². The molecule has 0 bridgehead atoms. The zero-order valence-electron chi connectivity index (χ0n) is 13.4. The molecule has 8 heteroatoms. The van der Waals surface area contributed by atoms with Crippen molar-refractivity contribution in [2.45, 2.75) is 24.8 Å². The van der Waals surface area contributed by atoms with E-state index in [2.05, 4.69) is 0 Å². The Morgan fingerprint density at radius 1 is 1.25 bits per heavy atom. The maximum absolute atomic E-state index is 12.5. The Morgan fingerprint density at radius 2 is 1.88 bits per heavy atom. The summed E-state index contributed by atoms with van der Waals surface area (Å²) in [6.45, 7) is 2.23. The average molecular weight is 368 g/mol. The van der Waals surface area contributed by atoms with Gasteiger partial charge in [-0.2, -0.15) is 0 Å². The highest BCUT2D eigenvalue weighted by atomic mass is 35.5. The van der Waals surface area contributed by atoms with Crippen LogP contribution in [-0.4, -0.2) is 20.7 Å². The number of aromatic nitrogens is 2. The van der Waals surface area contributed by atoms with E-state index in [0.717, 1.165) is 9.46 Å². The molecule has 1 heterocycles. The van der Waals surface area contributed by atoms with Gasteiger partial charge in [-0.3, -0.25) is 18.7 Å². The Balaban J connectivity index is 2.33. The number of anilines is 1. The van der Waals surface area contributed by atoms with E-state index in [1.54, 1.807) is 24.3 Å². The molecule has 0 amide bonds. The Labute approximate surface area is 148 Å². The number of benzene rings is 1. The van der Waals surface area contributed by atoms with Crippen molar-refractivity contribution in [1.82, 2.24) is 9.13 Å². The quantitative estimate of drug-likeness (QED) is 0.624. The molecule has 2 N–H and O–H groups in total. The summed E-state index contributed by atoms with van der Waals surface area (Å²) < 4.78 is 2.19. The molecule has 0 radical (unpaired) electrons. The van der Waals surface area contributed by atoms with Gasteiger partial charge in [0.25, 0.3) is 5.56 Å². The Morgan fingerprint density at radius 3 is 2.46 bits per heavy atom.